The number of benzene rings is 2. The van der Waals surface area contributed by atoms with E-state index >= 15 is 0 Å². The summed E-state index contributed by atoms with van der Waals surface area (Å²) in [4.78, 5) is 13.0. The maximum Gasteiger partial charge on any atom is 0.244 e. The minimum absolute atomic E-state index is 0.336. The SMILES string of the molecule is CC[C@H](C(=O)N[C@H](C)c1ccccc1OC)N(c1ccc(C)cc1)S(C)(=O)=O. The molecule has 2 aromatic rings. The standard InChI is InChI=1S/C21H28N2O4S/c1-6-19(23(28(5,25)26)17-13-11-15(2)12-14-17)21(24)22-16(3)18-9-7-8-10-20(18)27-4/h7-14,16,19H,6H2,1-5H3,(H,22,24)/t16-,19-/m1/s1. The summed E-state index contributed by atoms with van der Waals surface area (Å²) in [7, 11) is -2.08. The Hall–Kier alpha value is -2.54. The third-order valence-electron chi connectivity index (χ3n) is 4.58. The van der Waals surface area contributed by atoms with Crippen molar-refractivity contribution >= 4 is 21.6 Å². The minimum Gasteiger partial charge on any atom is -0.496 e. The van der Waals surface area contributed by atoms with Gasteiger partial charge in [-0.25, -0.2) is 8.42 Å². The van der Waals surface area contributed by atoms with Crippen molar-refractivity contribution in [1.29, 1.82) is 0 Å². The molecule has 0 aliphatic carbocycles. The molecule has 7 heteroatoms. The van der Waals surface area contributed by atoms with Gasteiger partial charge >= 0.3 is 0 Å². The largest absolute Gasteiger partial charge is 0.496 e. The number of aryl methyl sites for hydroxylation is 1. The average molecular weight is 405 g/mol. The Morgan fingerprint density at radius 2 is 1.75 bits per heavy atom. The van der Waals surface area contributed by atoms with E-state index in [0.717, 1.165) is 17.4 Å². The molecule has 6 nitrogen and oxygen atoms in total. The van der Waals surface area contributed by atoms with Crippen molar-refractivity contribution in [2.75, 3.05) is 17.7 Å². The van der Waals surface area contributed by atoms with Gasteiger partial charge in [0.1, 0.15) is 11.8 Å². The van der Waals surface area contributed by atoms with Crippen LogP contribution in [-0.2, 0) is 14.8 Å². The summed E-state index contributed by atoms with van der Waals surface area (Å²) in [6.07, 6.45) is 1.46. The van der Waals surface area contributed by atoms with Crippen LogP contribution in [0.25, 0.3) is 0 Å². The number of nitrogens with one attached hydrogen (secondary N) is 1. The van der Waals surface area contributed by atoms with Crippen LogP contribution in [0.5, 0.6) is 5.75 Å². The first-order valence-electron chi connectivity index (χ1n) is 9.18. The zero-order valence-electron chi connectivity index (χ0n) is 17.0. The summed E-state index contributed by atoms with van der Waals surface area (Å²) < 4.78 is 31.6. The van der Waals surface area contributed by atoms with Gasteiger partial charge in [-0.05, 0) is 38.5 Å². The first-order chi connectivity index (χ1) is 13.2. The van der Waals surface area contributed by atoms with Gasteiger partial charge < -0.3 is 10.1 Å². The molecule has 1 amide bonds. The van der Waals surface area contributed by atoms with Gasteiger partial charge in [0, 0.05) is 5.56 Å². The van der Waals surface area contributed by atoms with Crippen molar-refractivity contribution in [3.63, 3.8) is 0 Å². The molecule has 0 fully saturated rings. The van der Waals surface area contributed by atoms with Crippen LogP contribution in [0.15, 0.2) is 48.5 Å². The molecule has 2 rings (SSSR count). The van der Waals surface area contributed by atoms with Crippen molar-refractivity contribution in [3.05, 3.63) is 59.7 Å². The van der Waals surface area contributed by atoms with E-state index in [9.17, 15) is 13.2 Å². The van der Waals surface area contributed by atoms with E-state index in [1.807, 2.05) is 50.2 Å². The van der Waals surface area contributed by atoms with Crippen LogP contribution in [0.4, 0.5) is 5.69 Å². The lowest BCUT2D eigenvalue weighted by Crippen LogP contribution is -2.49. The maximum atomic E-state index is 13.0. The second-order valence-electron chi connectivity index (χ2n) is 6.79. The minimum atomic E-state index is -3.65. The van der Waals surface area contributed by atoms with Crippen LogP contribution < -0.4 is 14.4 Å². The molecule has 0 aliphatic rings. The normalized spacial score (nSPS) is 13.5. The second kappa shape index (κ2) is 9.10. The first-order valence-corrected chi connectivity index (χ1v) is 11.0. The van der Waals surface area contributed by atoms with Gasteiger partial charge in [-0.15, -0.1) is 0 Å². The Balaban J connectivity index is 2.32. The van der Waals surface area contributed by atoms with Crippen molar-refractivity contribution in [2.24, 2.45) is 0 Å². The third kappa shape index (κ3) is 5.04. The molecule has 2 aromatic carbocycles. The van der Waals surface area contributed by atoms with Crippen LogP contribution in [-0.4, -0.2) is 33.7 Å². The van der Waals surface area contributed by atoms with Gasteiger partial charge in [0.25, 0.3) is 0 Å². The highest BCUT2D eigenvalue weighted by Gasteiger charge is 2.32. The number of anilines is 1. The predicted octanol–water partition coefficient (Wildman–Crippen LogP) is 3.43. The lowest BCUT2D eigenvalue weighted by atomic mass is 10.1. The molecule has 0 saturated carbocycles. The average Bonchev–Trinajstić information content (AvgIpc) is 2.65. The Bertz CT molecular complexity index is 910. The van der Waals surface area contributed by atoms with E-state index in [1.165, 1.54) is 4.31 Å². The number of amides is 1. The summed E-state index contributed by atoms with van der Waals surface area (Å²) in [6.45, 7) is 5.57. The number of ether oxygens (including phenoxy) is 1. The highest BCUT2D eigenvalue weighted by molar-refractivity contribution is 7.92. The predicted molar refractivity (Wildman–Crippen MR) is 112 cm³/mol. The quantitative estimate of drug-likeness (QED) is 0.731. The number of hydrogen-bond acceptors (Lipinski definition) is 4. The van der Waals surface area contributed by atoms with Crippen molar-refractivity contribution in [1.82, 2.24) is 5.32 Å². The Morgan fingerprint density at radius 3 is 2.29 bits per heavy atom. The molecule has 28 heavy (non-hydrogen) atoms. The van der Waals surface area contributed by atoms with Crippen molar-refractivity contribution in [3.8, 4) is 5.75 Å². The van der Waals surface area contributed by atoms with Gasteiger partial charge in [0.2, 0.25) is 15.9 Å². The van der Waals surface area contributed by atoms with E-state index in [4.69, 9.17) is 4.74 Å². The number of sulfonamides is 1. The van der Waals surface area contributed by atoms with Crippen LogP contribution in [0, 0.1) is 6.92 Å². The van der Waals surface area contributed by atoms with Crippen LogP contribution in [0.1, 0.15) is 37.4 Å². The van der Waals surface area contributed by atoms with Crippen molar-refractivity contribution in [2.45, 2.75) is 39.3 Å². The molecule has 0 aromatic heterocycles. The second-order valence-corrected chi connectivity index (χ2v) is 8.65. The molecule has 1 N–H and O–H groups in total. The first kappa shape index (κ1) is 21.8. The molecule has 0 radical (unpaired) electrons. The van der Waals surface area contributed by atoms with Crippen LogP contribution >= 0.6 is 0 Å². The van der Waals surface area contributed by atoms with E-state index in [2.05, 4.69) is 5.32 Å². The monoisotopic (exact) mass is 404 g/mol. The number of para-hydroxylation sites is 1. The zero-order valence-corrected chi connectivity index (χ0v) is 17.8. The number of carbonyl (C=O) groups excluding carboxylic acids is 1. The summed E-state index contributed by atoms with van der Waals surface area (Å²) in [5.74, 6) is 0.314. The van der Waals surface area contributed by atoms with Gasteiger partial charge in [-0.1, -0.05) is 42.8 Å². The number of methoxy groups -OCH3 is 1. The molecule has 152 valence electrons. The molecule has 0 saturated heterocycles. The molecule has 0 bridgehead atoms. The van der Waals surface area contributed by atoms with Gasteiger partial charge in [-0.2, -0.15) is 0 Å². The zero-order chi connectivity index (χ0) is 20.9. The van der Waals surface area contributed by atoms with Gasteiger partial charge in [0.05, 0.1) is 25.1 Å². The highest BCUT2D eigenvalue weighted by atomic mass is 32.2. The fourth-order valence-electron chi connectivity index (χ4n) is 3.16. The van der Waals surface area contributed by atoms with E-state index < -0.39 is 16.1 Å². The fourth-order valence-corrected chi connectivity index (χ4v) is 4.38. The lowest BCUT2D eigenvalue weighted by Gasteiger charge is -2.31. The Morgan fingerprint density at radius 1 is 1.14 bits per heavy atom. The van der Waals surface area contributed by atoms with Crippen LogP contribution in [0.3, 0.4) is 0 Å². The molecule has 0 unspecified atom stereocenters. The summed E-state index contributed by atoms with van der Waals surface area (Å²) in [5.41, 5.74) is 2.31. The topological polar surface area (TPSA) is 75.7 Å². The smallest absolute Gasteiger partial charge is 0.244 e. The molecule has 0 spiro atoms. The van der Waals surface area contributed by atoms with Crippen LogP contribution in [0.2, 0.25) is 0 Å². The molecule has 0 aliphatic heterocycles. The lowest BCUT2D eigenvalue weighted by molar-refractivity contribution is -0.122. The van der Waals surface area contributed by atoms with Gasteiger partial charge in [0.15, 0.2) is 0 Å². The Kier molecular flexibility index (Phi) is 7.07. The molecular weight excluding hydrogens is 376 g/mol. The summed E-state index contributed by atoms with van der Waals surface area (Å²) in [5, 5.41) is 2.93. The third-order valence-corrected chi connectivity index (χ3v) is 5.76. The molecule has 2 atom stereocenters. The number of hydrogen-bond donors (Lipinski definition) is 1. The number of nitrogens with zero attached hydrogens (tertiary/aromatic N) is 1. The maximum absolute atomic E-state index is 13.0. The molecule has 0 heterocycles. The molecular formula is C21H28N2O4S. The number of carbonyl (C=O) groups is 1. The van der Waals surface area contributed by atoms with Crippen molar-refractivity contribution < 1.29 is 17.9 Å². The van der Waals surface area contributed by atoms with Gasteiger partial charge in [-0.3, -0.25) is 9.10 Å². The van der Waals surface area contributed by atoms with E-state index in [1.54, 1.807) is 26.2 Å². The van der Waals surface area contributed by atoms with E-state index in [-0.39, 0.29) is 11.9 Å². The Labute approximate surface area is 167 Å². The fraction of sp³-hybridized carbons (Fsp3) is 0.381. The van der Waals surface area contributed by atoms with E-state index in [0.29, 0.717) is 17.9 Å². The summed E-state index contributed by atoms with van der Waals surface area (Å²) >= 11 is 0. The summed E-state index contributed by atoms with van der Waals surface area (Å²) in [6, 6.07) is 13.3. The highest BCUT2D eigenvalue weighted by Crippen LogP contribution is 2.26. The number of rotatable bonds is 8.